The standard InChI is InChI=1S/2C23H17BrO3/c2*24-16-11-8-15(9-12-16)22(25)27-20-13-10-14-4-3-6-18-17-5-1-2-7-19(17)23(20,26)21(14)18/h2*1-9,11-12,20,26H,10,13H2/t2*20-,23-/m11/s1. The quantitative estimate of drug-likeness (QED) is 0.172. The number of halogens is 2. The van der Waals surface area contributed by atoms with E-state index in [2.05, 4.69) is 44.0 Å². The molecule has 0 aromatic heterocycles. The van der Waals surface area contributed by atoms with Gasteiger partial charge in [-0.15, -0.1) is 0 Å². The van der Waals surface area contributed by atoms with E-state index in [1.165, 1.54) is 0 Å². The van der Waals surface area contributed by atoms with Gasteiger partial charge in [0.15, 0.2) is 11.2 Å². The number of ether oxygens (including phenoxy) is 2. The minimum atomic E-state index is -1.30. The van der Waals surface area contributed by atoms with Crippen molar-refractivity contribution in [3.8, 4) is 22.3 Å². The molecule has 0 spiro atoms. The molecule has 0 aliphatic heterocycles. The van der Waals surface area contributed by atoms with Crippen LogP contribution in [0.25, 0.3) is 22.3 Å². The van der Waals surface area contributed by atoms with Crippen LogP contribution in [0.4, 0.5) is 0 Å². The van der Waals surface area contributed by atoms with Crippen LogP contribution < -0.4 is 0 Å². The fourth-order valence-corrected chi connectivity index (χ4v) is 9.38. The van der Waals surface area contributed by atoms with Crippen molar-refractivity contribution in [2.45, 2.75) is 49.1 Å². The normalized spacial score (nSPS) is 22.1. The Labute approximate surface area is 329 Å². The highest BCUT2D eigenvalue weighted by Crippen LogP contribution is 2.55. The molecule has 0 heterocycles. The van der Waals surface area contributed by atoms with E-state index in [1.807, 2.05) is 97.1 Å². The van der Waals surface area contributed by atoms with Gasteiger partial charge >= 0.3 is 11.9 Å². The highest BCUT2D eigenvalue weighted by molar-refractivity contribution is 9.10. The maximum absolute atomic E-state index is 12.7. The summed E-state index contributed by atoms with van der Waals surface area (Å²) in [5.74, 6) is -0.822. The Bertz CT molecular complexity index is 2290. The molecule has 54 heavy (non-hydrogen) atoms. The molecular weight excluding hydrogens is 808 g/mol. The number of hydrogen-bond acceptors (Lipinski definition) is 6. The average Bonchev–Trinajstić information content (AvgIpc) is 3.63. The summed E-state index contributed by atoms with van der Waals surface area (Å²) in [5.41, 5.74) is 8.15. The van der Waals surface area contributed by atoms with Crippen molar-refractivity contribution in [3.63, 3.8) is 0 Å². The monoisotopic (exact) mass is 840 g/mol. The van der Waals surface area contributed by atoms with Gasteiger partial charge in [0.1, 0.15) is 12.2 Å². The van der Waals surface area contributed by atoms with Gasteiger partial charge in [-0.2, -0.15) is 0 Å². The van der Waals surface area contributed by atoms with Gasteiger partial charge in [-0.05, 0) is 119 Å². The second-order valence-corrected chi connectivity index (χ2v) is 16.0. The van der Waals surface area contributed by atoms with Gasteiger partial charge in [0.05, 0.1) is 11.1 Å². The van der Waals surface area contributed by atoms with Crippen molar-refractivity contribution < 1.29 is 29.3 Å². The molecule has 0 amide bonds. The van der Waals surface area contributed by atoms with E-state index in [0.29, 0.717) is 24.0 Å². The van der Waals surface area contributed by atoms with Crippen molar-refractivity contribution in [3.05, 3.63) is 187 Å². The summed E-state index contributed by atoms with van der Waals surface area (Å²) in [4.78, 5) is 25.4. The molecule has 6 aromatic carbocycles. The summed E-state index contributed by atoms with van der Waals surface area (Å²) < 4.78 is 13.5. The number of hydrogen-bond donors (Lipinski definition) is 2. The number of esters is 2. The van der Waals surface area contributed by atoms with Crippen molar-refractivity contribution in [2.24, 2.45) is 0 Å². The molecule has 10 rings (SSSR count). The van der Waals surface area contributed by atoms with Crippen molar-refractivity contribution in [2.75, 3.05) is 0 Å². The molecule has 4 aliphatic carbocycles. The second kappa shape index (κ2) is 13.5. The number of fused-ring (bicyclic) bond motifs is 6. The van der Waals surface area contributed by atoms with Crippen LogP contribution in [0.15, 0.2) is 142 Å². The Balaban J connectivity index is 0.000000142. The number of benzene rings is 6. The number of rotatable bonds is 4. The minimum Gasteiger partial charge on any atom is -0.455 e. The summed E-state index contributed by atoms with van der Waals surface area (Å²) in [6.45, 7) is 0. The third kappa shape index (κ3) is 5.50. The van der Waals surface area contributed by atoms with Gasteiger partial charge in [0.2, 0.25) is 0 Å². The van der Waals surface area contributed by atoms with E-state index in [0.717, 1.165) is 77.4 Å². The summed E-state index contributed by atoms with van der Waals surface area (Å²) in [5, 5.41) is 23.7. The van der Waals surface area contributed by atoms with Gasteiger partial charge in [-0.3, -0.25) is 0 Å². The molecule has 2 N–H and O–H groups in total. The number of aryl methyl sites for hydroxylation is 2. The molecule has 4 atom stereocenters. The molecule has 6 aromatic rings. The molecule has 0 saturated carbocycles. The van der Waals surface area contributed by atoms with Gasteiger partial charge in [-0.1, -0.05) is 117 Å². The first-order valence-corrected chi connectivity index (χ1v) is 19.6. The van der Waals surface area contributed by atoms with Crippen LogP contribution in [0, 0.1) is 0 Å². The maximum atomic E-state index is 12.7. The Morgan fingerprint density at radius 3 is 1.28 bits per heavy atom. The van der Waals surface area contributed by atoms with Crippen molar-refractivity contribution >= 4 is 43.8 Å². The van der Waals surface area contributed by atoms with E-state index < -0.39 is 35.3 Å². The Hall–Kier alpha value is -4.86. The SMILES string of the molecule is O=C(O[C@@H]1CCc2cccc3c2[C@@]1(O)c1ccccc1-3)c1ccc(Br)cc1.O=C(O[C@@H]1CCc2cccc3c2[C@@]1(O)c1ccccc1-3)c1ccc(Br)cc1. The Kier molecular flexibility index (Phi) is 8.70. The molecule has 0 saturated heterocycles. The molecule has 6 nitrogen and oxygen atoms in total. The first-order chi connectivity index (χ1) is 26.2. The predicted octanol–water partition coefficient (Wildman–Crippen LogP) is 9.67. The molecule has 0 bridgehead atoms. The fourth-order valence-electron chi connectivity index (χ4n) is 8.85. The molecular formula is C46H34Br2O6. The fraction of sp³-hybridized carbons (Fsp3) is 0.174. The predicted molar refractivity (Wildman–Crippen MR) is 213 cm³/mol. The van der Waals surface area contributed by atoms with E-state index in [-0.39, 0.29) is 0 Å². The summed E-state index contributed by atoms with van der Waals surface area (Å²) in [6.07, 6.45) is 1.49. The zero-order valence-corrected chi connectivity index (χ0v) is 32.1. The van der Waals surface area contributed by atoms with Crippen LogP contribution in [0.5, 0.6) is 0 Å². The van der Waals surface area contributed by atoms with Gasteiger partial charge in [0.25, 0.3) is 0 Å². The summed E-state index contributed by atoms with van der Waals surface area (Å²) in [6, 6.07) is 42.1. The third-order valence-corrected chi connectivity index (χ3v) is 12.3. The number of aliphatic hydroxyl groups is 2. The van der Waals surface area contributed by atoms with Gasteiger partial charge in [-0.25, -0.2) is 9.59 Å². The zero-order valence-electron chi connectivity index (χ0n) is 29.0. The van der Waals surface area contributed by atoms with E-state index in [1.54, 1.807) is 24.3 Å². The summed E-state index contributed by atoms with van der Waals surface area (Å²) in [7, 11) is 0. The minimum absolute atomic E-state index is 0.411. The second-order valence-electron chi connectivity index (χ2n) is 14.2. The molecule has 0 radical (unpaired) electrons. The Morgan fingerprint density at radius 1 is 0.500 bits per heavy atom. The highest BCUT2D eigenvalue weighted by Gasteiger charge is 2.54. The number of carbonyl (C=O) groups excluding carboxylic acids is 2. The lowest BCUT2D eigenvalue weighted by molar-refractivity contribution is -0.0717. The Morgan fingerprint density at radius 2 is 0.870 bits per heavy atom. The van der Waals surface area contributed by atoms with E-state index >= 15 is 0 Å². The maximum Gasteiger partial charge on any atom is 0.338 e. The number of carbonyl (C=O) groups is 2. The van der Waals surface area contributed by atoms with Crippen LogP contribution >= 0.6 is 31.9 Å². The molecule has 268 valence electrons. The lowest BCUT2D eigenvalue weighted by Crippen LogP contribution is -2.45. The molecule has 8 heteroatoms. The third-order valence-electron chi connectivity index (χ3n) is 11.3. The zero-order chi connectivity index (χ0) is 37.2. The molecule has 0 unspecified atom stereocenters. The van der Waals surface area contributed by atoms with E-state index in [9.17, 15) is 19.8 Å². The largest absolute Gasteiger partial charge is 0.455 e. The van der Waals surface area contributed by atoms with Crippen LogP contribution in [0.2, 0.25) is 0 Å². The van der Waals surface area contributed by atoms with Crippen LogP contribution in [-0.4, -0.2) is 34.4 Å². The first-order valence-electron chi connectivity index (χ1n) is 18.0. The molecule has 4 aliphatic rings. The highest BCUT2D eigenvalue weighted by atomic mass is 79.9. The van der Waals surface area contributed by atoms with Crippen LogP contribution in [0.1, 0.15) is 66.9 Å². The van der Waals surface area contributed by atoms with E-state index in [4.69, 9.17) is 9.47 Å². The molecule has 0 fully saturated rings. The lowest BCUT2D eigenvalue weighted by Gasteiger charge is -2.38. The smallest absolute Gasteiger partial charge is 0.338 e. The topological polar surface area (TPSA) is 93.1 Å². The van der Waals surface area contributed by atoms with Gasteiger partial charge in [0, 0.05) is 20.1 Å². The van der Waals surface area contributed by atoms with Gasteiger partial charge < -0.3 is 19.7 Å². The summed E-state index contributed by atoms with van der Waals surface area (Å²) >= 11 is 6.75. The lowest BCUT2D eigenvalue weighted by atomic mass is 9.76. The average molecular weight is 843 g/mol. The van der Waals surface area contributed by atoms with Crippen molar-refractivity contribution in [1.82, 2.24) is 0 Å². The first kappa shape index (κ1) is 34.9. The van der Waals surface area contributed by atoms with Crippen LogP contribution in [0.3, 0.4) is 0 Å². The van der Waals surface area contributed by atoms with Crippen molar-refractivity contribution in [1.29, 1.82) is 0 Å². The van der Waals surface area contributed by atoms with Crippen LogP contribution in [-0.2, 0) is 33.5 Å².